The molecule has 0 aliphatic rings. The normalized spacial score (nSPS) is 13.0. The highest BCUT2D eigenvalue weighted by molar-refractivity contribution is 5.95. The van der Waals surface area contributed by atoms with Gasteiger partial charge in [0.15, 0.2) is 0 Å². The number of hydrogen-bond donors (Lipinski definition) is 4. The first-order chi connectivity index (χ1) is 38.3. The first-order valence-corrected chi connectivity index (χ1v) is 27.4. The largest absolute Gasteiger partial charge is 0.370 e. The summed E-state index contributed by atoms with van der Waals surface area (Å²) in [5.74, 6) is 0.467. The van der Waals surface area contributed by atoms with Gasteiger partial charge in [0.1, 0.15) is 11.6 Å². The molecule has 0 fully saturated rings. The molecular weight excluding hydrogens is 997 g/mol. The maximum atomic E-state index is 14.1. The summed E-state index contributed by atoms with van der Waals surface area (Å²) >= 11 is 0. The van der Waals surface area contributed by atoms with Gasteiger partial charge in [-0.2, -0.15) is 0 Å². The van der Waals surface area contributed by atoms with Gasteiger partial charge >= 0.3 is 0 Å². The third-order valence-corrected chi connectivity index (χ3v) is 13.9. The number of primary amides is 2. The Morgan fingerprint density at radius 3 is 1.02 bits per heavy atom. The van der Waals surface area contributed by atoms with Crippen molar-refractivity contribution in [3.05, 3.63) is 228 Å². The number of nitrogens with two attached hydrogens (primary N) is 4. The van der Waals surface area contributed by atoms with Gasteiger partial charge in [-0.15, -0.1) is 0 Å². The van der Waals surface area contributed by atoms with Crippen molar-refractivity contribution >= 4 is 23.6 Å². The second-order valence-electron chi connectivity index (χ2n) is 22.6. The van der Waals surface area contributed by atoms with E-state index in [1.807, 2.05) is 168 Å². The minimum Gasteiger partial charge on any atom is -0.370 e. The van der Waals surface area contributed by atoms with Crippen molar-refractivity contribution in [2.24, 2.45) is 33.8 Å². The van der Waals surface area contributed by atoms with E-state index in [2.05, 4.69) is 87.3 Å². The van der Waals surface area contributed by atoms with Crippen LogP contribution in [0.25, 0.3) is 22.5 Å². The molecule has 8 N–H and O–H groups in total. The molecule has 8 rings (SSSR count). The predicted octanol–water partition coefficient (Wildman–Crippen LogP) is 10.8. The lowest BCUT2D eigenvalue weighted by atomic mass is 9.84. The minimum atomic E-state index is -0.452. The maximum Gasteiger partial charge on any atom is 0.254 e. The number of rotatable bonds is 22. The number of aromatic nitrogens is 4. The van der Waals surface area contributed by atoms with Crippen LogP contribution in [0.4, 0.5) is 0 Å². The van der Waals surface area contributed by atoms with Crippen molar-refractivity contribution in [1.29, 1.82) is 0 Å². The first-order valence-electron chi connectivity index (χ1n) is 27.4. The fourth-order valence-corrected chi connectivity index (χ4v) is 10.1. The van der Waals surface area contributed by atoms with E-state index in [9.17, 15) is 19.2 Å². The lowest BCUT2D eigenvalue weighted by Crippen LogP contribution is -2.44. The van der Waals surface area contributed by atoms with Crippen molar-refractivity contribution in [2.75, 3.05) is 13.1 Å². The first kappa shape index (κ1) is 59.2. The van der Waals surface area contributed by atoms with Gasteiger partial charge in [0, 0.05) is 85.8 Å². The van der Waals surface area contributed by atoms with Crippen molar-refractivity contribution in [3.8, 4) is 22.5 Å². The van der Waals surface area contributed by atoms with Crippen LogP contribution in [0.3, 0.4) is 0 Å². The molecule has 0 radical (unpaired) electrons. The second kappa shape index (κ2) is 27.4. The van der Waals surface area contributed by atoms with E-state index in [1.54, 1.807) is 0 Å². The zero-order valence-corrected chi connectivity index (χ0v) is 47.1. The van der Waals surface area contributed by atoms with Crippen LogP contribution in [-0.2, 0) is 22.7 Å². The Morgan fingerprint density at radius 2 is 0.738 bits per heavy atom. The number of nitrogens with zero attached hydrogens (tertiary/aromatic N) is 6. The standard InChI is InChI=1S/2C33H39N5O2/c2*1-33(2,3)30(38(20-19-27(34)21-29(35)39)32(40)26-17-11-6-12-18-26)31-36-28(25-15-9-5-10-16-25)23-37(31)22-24-13-7-4-8-14-24/h2*4-18,23,27,30H,19-22,34H2,1-3H3,(H2,35,39)/t2*27-,30+/m11/s1. The van der Waals surface area contributed by atoms with E-state index in [4.69, 9.17) is 32.9 Å². The fourth-order valence-electron chi connectivity index (χ4n) is 10.1. The summed E-state index contributed by atoms with van der Waals surface area (Å²) in [6, 6.07) is 57.4. The minimum absolute atomic E-state index is 0.0638. The van der Waals surface area contributed by atoms with Crippen LogP contribution in [0.5, 0.6) is 0 Å². The molecular formula is C66H78N10O4. The van der Waals surface area contributed by atoms with Crippen molar-refractivity contribution in [2.45, 2.75) is 104 Å². The molecule has 0 saturated carbocycles. The molecule has 0 saturated heterocycles. The molecule has 0 unspecified atom stereocenters. The van der Waals surface area contributed by atoms with Crippen molar-refractivity contribution < 1.29 is 19.2 Å². The number of benzene rings is 6. The number of amides is 4. The molecule has 4 amide bonds. The summed E-state index contributed by atoms with van der Waals surface area (Å²) in [4.78, 5) is 65.4. The summed E-state index contributed by atoms with van der Waals surface area (Å²) < 4.78 is 4.31. The van der Waals surface area contributed by atoms with Crippen molar-refractivity contribution in [3.63, 3.8) is 0 Å². The Morgan fingerprint density at radius 1 is 0.450 bits per heavy atom. The Bertz CT molecular complexity index is 3010. The molecule has 0 spiro atoms. The Labute approximate surface area is 471 Å². The Balaban J connectivity index is 0.000000231. The molecule has 416 valence electrons. The van der Waals surface area contributed by atoms with Crippen LogP contribution in [0, 0.1) is 10.8 Å². The highest BCUT2D eigenvalue weighted by atomic mass is 16.2. The molecule has 8 aromatic rings. The second-order valence-corrected chi connectivity index (χ2v) is 22.6. The van der Waals surface area contributed by atoms with E-state index >= 15 is 0 Å². The molecule has 14 heteroatoms. The van der Waals surface area contributed by atoms with E-state index in [-0.39, 0.29) is 47.6 Å². The van der Waals surface area contributed by atoms with Gasteiger partial charge < -0.3 is 41.9 Å². The van der Waals surface area contributed by atoms with Gasteiger partial charge in [-0.3, -0.25) is 19.2 Å². The summed E-state index contributed by atoms with van der Waals surface area (Å²) in [5, 5.41) is 0. The summed E-state index contributed by atoms with van der Waals surface area (Å²) in [5.41, 5.74) is 29.7. The summed E-state index contributed by atoms with van der Waals surface area (Å²) in [6.45, 7) is 14.6. The Hall–Kier alpha value is -8.46. The van der Waals surface area contributed by atoms with Crippen LogP contribution in [0.2, 0.25) is 0 Å². The average molecular weight is 1080 g/mol. The van der Waals surface area contributed by atoms with Gasteiger partial charge in [-0.1, -0.05) is 199 Å². The molecule has 14 nitrogen and oxygen atoms in total. The number of carbonyl (C=O) groups is 4. The molecule has 2 heterocycles. The van der Waals surface area contributed by atoms with Crippen LogP contribution >= 0.6 is 0 Å². The molecule has 0 bridgehead atoms. The van der Waals surface area contributed by atoms with E-state index in [0.29, 0.717) is 50.1 Å². The highest BCUT2D eigenvalue weighted by Crippen LogP contribution is 2.42. The number of imidazole rings is 2. The maximum absolute atomic E-state index is 14.1. The van der Waals surface area contributed by atoms with Gasteiger partial charge in [-0.05, 0) is 59.1 Å². The lowest BCUT2D eigenvalue weighted by Gasteiger charge is -2.40. The number of carbonyl (C=O) groups excluding carboxylic acids is 4. The highest BCUT2D eigenvalue weighted by Gasteiger charge is 2.40. The van der Waals surface area contributed by atoms with Crippen LogP contribution in [0.1, 0.15) is 123 Å². The third-order valence-electron chi connectivity index (χ3n) is 13.9. The summed E-state index contributed by atoms with van der Waals surface area (Å²) in [7, 11) is 0. The molecule has 6 aromatic carbocycles. The average Bonchev–Trinajstić information content (AvgIpc) is 4.12. The monoisotopic (exact) mass is 1070 g/mol. The van der Waals surface area contributed by atoms with Crippen LogP contribution < -0.4 is 22.9 Å². The Kier molecular flexibility index (Phi) is 20.3. The van der Waals surface area contributed by atoms with Gasteiger partial charge in [0.2, 0.25) is 11.8 Å². The van der Waals surface area contributed by atoms with Crippen molar-refractivity contribution in [1.82, 2.24) is 28.9 Å². The molecule has 0 aliphatic heterocycles. The number of hydrogen-bond acceptors (Lipinski definition) is 8. The molecule has 4 atom stereocenters. The zero-order chi connectivity index (χ0) is 57.4. The topological polar surface area (TPSA) is 214 Å². The lowest BCUT2D eigenvalue weighted by molar-refractivity contribution is -0.119. The quantitative estimate of drug-likeness (QED) is 0.0511. The summed E-state index contributed by atoms with van der Waals surface area (Å²) in [6.07, 6.45) is 5.13. The molecule has 0 aliphatic carbocycles. The predicted molar refractivity (Wildman–Crippen MR) is 319 cm³/mol. The van der Waals surface area contributed by atoms with Crippen LogP contribution in [-0.4, -0.2) is 77.7 Å². The van der Waals surface area contributed by atoms with E-state index in [0.717, 1.165) is 45.3 Å². The van der Waals surface area contributed by atoms with Crippen LogP contribution in [0.15, 0.2) is 194 Å². The zero-order valence-electron chi connectivity index (χ0n) is 47.1. The molecule has 2 aromatic heterocycles. The van der Waals surface area contributed by atoms with E-state index < -0.39 is 23.9 Å². The third kappa shape index (κ3) is 16.3. The van der Waals surface area contributed by atoms with Gasteiger partial charge in [-0.25, -0.2) is 9.97 Å². The smallest absolute Gasteiger partial charge is 0.254 e. The fraction of sp³-hybridized carbons (Fsp3) is 0.303. The molecule has 80 heavy (non-hydrogen) atoms. The SMILES string of the molecule is CC(C)(C)[C@H](c1nc(-c2ccccc2)cn1Cc1ccccc1)N(CC[C@@H](N)CC(N)=O)C(=O)c1ccccc1.CC(C)(C)[C@H](c1nc(-c2ccccc2)cn1Cc1ccccc1)N(CC[C@@H](N)CC(N)=O)C(=O)c1ccccc1. The van der Waals surface area contributed by atoms with Gasteiger partial charge in [0.05, 0.1) is 23.5 Å². The van der Waals surface area contributed by atoms with E-state index in [1.165, 1.54) is 0 Å². The van der Waals surface area contributed by atoms with Gasteiger partial charge in [0.25, 0.3) is 11.8 Å².